The van der Waals surface area contributed by atoms with E-state index in [2.05, 4.69) is 6.58 Å². The standard InChI is InChI=1S/C17H18O3/c1-3-19-16-12(2)11-14-9-10-15(18)20-17(14,16)13-7-5-4-6-8-13/h4-10,14,16H,2-3,11H2,1H3/t14-,16+,17-/m1/s1. The van der Waals surface area contributed by atoms with Crippen LogP contribution in [-0.4, -0.2) is 18.7 Å². The molecule has 0 amide bonds. The summed E-state index contributed by atoms with van der Waals surface area (Å²) in [6.45, 7) is 6.63. The molecular weight excluding hydrogens is 252 g/mol. The van der Waals surface area contributed by atoms with Crippen molar-refractivity contribution in [1.82, 2.24) is 0 Å². The van der Waals surface area contributed by atoms with E-state index >= 15 is 0 Å². The number of ether oxygens (including phenoxy) is 2. The zero-order valence-electron chi connectivity index (χ0n) is 11.5. The lowest BCUT2D eigenvalue weighted by Crippen LogP contribution is -2.47. The number of benzene rings is 1. The fourth-order valence-corrected chi connectivity index (χ4v) is 3.31. The molecule has 1 heterocycles. The van der Waals surface area contributed by atoms with Gasteiger partial charge in [-0.3, -0.25) is 0 Å². The van der Waals surface area contributed by atoms with Crippen LogP contribution in [0.15, 0.2) is 54.6 Å². The Labute approximate surface area is 118 Å². The van der Waals surface area contributed by atoms with Crippen LogP contribution in [0.3, 0.4) is 0 Å². The molecule has 3 atom stereocenters. The number of carbonyl (C=O) groups excluding carboxylic acids is 1. The first-order valence-electron chi connectivity index (χ1n) is 6.94. The molecule has 0 aromatic heterocycles. The molecule has 1 aromatic rings. The molecule has 1 fully saturated rings. The molecular formula is C17H18O3. The SMILES string of the molecule is C=C1C[C@H]2C=CC(=O)O[C@@]2(c2ccccc2)[C@H]1OCC. The van der Waals surface area contributed by atoms with Gasteiger partial charge in [0.05, 0.1) is 0 Å². The molecule has 0 unspecified atom stereocenters. The number of rotatable bonds is 3. The molecule has 3 rings (SSSR count). The molecule has 3 nitrogen and oxygen atoms in total. The van der Waals surface area contributed by atoms with Crippen LogP contribution < -0.4 is 0 Å². The number of esters is 1. The number of carbonyl (C=O) groups is 1. The van der Waals surface area contributed by atoms with Gasteiger partial charge in [-0.1, -0.05) is 43.0 Å². The summed E-state index contributed by atoms with van der Waals surface area (Å²) in [5.74, 6) is -0.226. The first kappa shape index (κ1) is 13.1. The highest BCUT2D eigenvalue weighted by molar-refractivity contribution is 5.84. The van der Waals surface area contributed by atoms with Gasteiger partial charge in [0, 0.05) is 18.6 Å². The van der Waals surface area contributed by atoms with Crippen molar-refractivity contribution in [2.24, 2.45) is 5.92 Å². The fourth-order valence-electron chi connectivity index (χ4n) is 3.31. The zero-order chi connectivity index (χ0) is 14.2. The van der Waals surface area contributed by atoms with Crippen LogP contribution in [0.25, 0.3) is 0 Å². The van der Waals surface area contributed by atoms with Crippen molar-refractivity contribution in [1.29, 1.82) is 0 Å². The van der Waals surface area contributed by atoms with E-state index in [0.717, 1.165) is 17.6 Å². The number of fused-ring (bicyclic) bond motifs is 1. The third-order valence-electron chi connectivity index (χ3n) is 4.09. The Hall–Kier alpha value is -1.87. The third-order valence-corrected chi connectivity index (χ3v) is 4.09. The molecule has 1 aliphatic carbocycles. The molecule has 3 heteroatoms. The van der Waals surface area contributed by atoms with Crippen LogP contribution in [0, 0.1) is 5.92 Å². The quantitative estimate of drug-likeness (QED) is 0.625. The Balaban J connectivity index is 2.15. The van der Waals surface area contributed by atoms with Gasteiger partial charge in [0.25, 0.3) is 0 Å². The second kappa shape index (κ2) is 4.91. The Bertz CT molecular complexity index is 561. The molecule has 0 bridgehead atoms. The lowest BCUT2D eigenvalue weighted by molar-refractivity contribution is -0.176. The van der Waals surface area contributed by atoms with E-state index in [4.69, 9.17) is 9.47 Å². The largest absolute Gasteiger partial charge is 0.447 e. The fraction of sp³-hybridized carbons (Fsp3) is 0.353. The second-order valence-corrected chi connectivity index (χ2v) is 5.24. The number of hydrogen-bond donors (Lipinski definition) is 0. The molecule has 104 valence electrons. The van der Waals surface area contributed by atoms with E-state index < -0.39 is 5.60 Å². The van der Waals surface area contributed by atoms with Crippen LogP contribution in [0.5, 0.6) is 0 Å². The number of hydrogen-bond acceptors (Lipinski definition) is 3. The average molecular weight is 270 g/mol. The summed E-state index contributed by atoms with van der Waals surface area (Å²) in [7, 11) is 0. The van der Waals surface area contributed by atoms with Gasteiger partial charge < -0.3 is 9.47 Å². The molecule has 1 saturated carbocycles. The first-order chi connectivity index (χ1) is 9.68. The van der Waals surface area contributed by atoms with Crippen molar-refractivity contribution >= 4 is 5.97 Å². The van der Waals surface area contributed by atoms with Crippen LogP contribution in [-0.2, 0) is 19.9 Å². The highest BCUT2D eigenvalue weighted by Crippen LogP contribution is 2.52. The highest BCUT2D eigenvalue weighted by atomic mass is 16.6. The smallest absolute Gasteiger partial charge is 0.331 e. The van der Waals surface area contributed by atoms with Gasteiger partial charge in [-0.25, -0.2) is 4.79 Å². The van der Waals surface area contributed by atoms with Crippen molar-refractivity contribution in [3.63, 3.8) is 0 Å². The molecule has 0 saturated heterocycles. The maximum Gasteiger partial charge on any atom is 0.331 e. The van der Waals surface area contributed by atoms with Crippen molar-refractivity contribution in [2.75, 3.05) is 6.61 Å². The Morgan fingerprint density at radius 3 is 2.85 bits per heavy atom. The van der Waals surface area contributed by atoms with E-state index in [1.54, 1.807) is 0 Å². The van der Waals surface area contributed by atoms with Gasteiger partial charge >= 0.3 is 5.97 Å². The Kier molecular flexibility index (Phi) is 3.22. The minimum Gasteiger partial charge on any atom is -0.447 e. The first-order valence-corrected chi connectivity index (χ1v) is 6.94. The minimum atomic E-state index is -0.764. The van der Waals surface area contributed by atoms with Gasteiger partial charge in [-0.2, -0.15) is 0 Å². The highest BCUT2D eigenvalue weighted by Gasteiger charge is 2.57. The summed E-state index contributed by atoms with van der Waals surface area (Å²) in [6, 6.07) is 9.85. The molecule has 20 heavy (non-hydrogen) atoms. The summed E-state index contributed by atoms with van der Waals surface area (Å²) in [5, 5.41) is 0. The van der Waals surface area contributed by atoms with Gasteiger partial charge in [0.15, 0.2) is 5.60 Å². The molecule has 2 aliphatic rings. The monoisotopic (exact) mass is 270 g/mol. The molecule has 1 aliphatic heterocycles. The Morgan fingerprint density at radius 2 is 2.15 bits per heavy atom. The van der Waals surface area contributed by atoms with Gasteiger partial charge in [-0.15, -0.1) is 0 Å². The topological polar surface area (TPSA) is 35.5 Å². The van der Waals surface area contributed by atoms with E-state index in [-0.39, 0.29) is 18.0 Å². The van der Waals surface area contributed by atoms with Crippen LogP contribution in [0.2, 0.25) is 0 Å². The van der Waals surface area contributed by atoms with E-state index in [1.165, 1.54) is 6.08 Å². The van der Waals surface area contributed by atoms with Crippen molar-refractivity contribution in [3.8, 4) is 0 Å². The minimum absolute atomic E-state index is 0.0895. The van der Waals surface area contributed by atoms with E-state index in [1.807, 2.05) is 43.3 Å². The summed E-state index contributed by atoms with van der Waals surface area (Å²) < 4.78 is 11.7. The van der Waals surface area contributed by atoms with Crippen molar-refractivity contribution in [2.45, 2.75) is 25.0 Å². The predicted molar refractivity (Wildman–Crippen MR) is 76.0 cm³/mol. The van der Waals surface area contributed by atoms with Gasteiger partial charge in [0.2, 0.25) is 0 Å². The maximum absolute atomic E-state index is 11.8. The third kappa shape index (κ3) is 1.81. The van der Waals surface area contributed by atoms with Crippen LogP contribution >= 0.6 is 0 Å². The van der Waals surface area contributed by atoms with E-state index in [9.17, 15) is 4.79 Å². The van der Waals surface area contributed by atoms with Crippen molar-refractivity contribution in [3.05, 3.63) is 60.2 Å². The van der Waals surface area contributed by atoms with Crippen LogP contribution in [0.1, 0.15) is 18.9 Å². The maximum atomic E-state index is 11.8. The molecule has 0 radical (unpaired) electrons. The average Bonchev–Trinajstić information content (AvgIpc) is 2.74. The molecule has 1 aromatic carbocycles. The van der Waals surface area contributed by atoms with Crippen LogP contribution in [0.4, 0.5) is 0 Å². The summed E-state index contributed by atoms with van der Waals surface area (Å²) >= 11 is 0. The Morgan fingerprint density at radius 1 is 1.40 bits per heavy atom. The van der Waals surface area contributed by atoms with Gasteiger partial charge in [0.1, 0.15) is 6.10 Å². The van der Waals surface area contributed by atoms with Crippen molar-refractivity contribution < 1.29 is 14.3 Å². The predicted octanol–water partition coefficient (Wildman–Crippen LogP) is 2.98. The normalized spacial score (nSPS) is 32.0. The second-order valence-electron chi connectivity index (χ2n) is 5.24. The lowest BCUT2D eigenvalue weighted by atomic mass is 9.80. The molecule has 0 spiro atoms. The van der Waals surface area contributed by atoms with Gasteiger partial charge in [-0.05, 0) is 24.5 Å². The zero-order valence-corrected chi connectivity index (χ0v) is 11.5. The summed E-state index contributed by atoms with van der Waals surface area (Å²) in [5.41, 5.74) is 1.19. The van der Waals surface area contributed by atoms with E-state index in [0.29, 0.717) is 6.61 Å². The lowest BCUT2D eigenvalue weighted by Gasteiger charge is -2.40. The summed E-state index contributed by atoms with van der Waals surface area (Å²) in [6.07, 6.45) is 3.94. The summed E-state index contributed by atoms with van der Waals surface area (Å²) in [4.78, 5) is 11.8. The molecule has 0 N–H and O–H groups in total.